The van der Waals surface area contributed by atoms with E-state index >= 15 is 0 Å². The van der Waals surface area contributed by atoms with Gasteiger partial charge >= 0.3 is 0 Å². The molecule has 3 heteroatoms. The van der Waals surface area contributed by atoms with Crippen LogP contribution in [0.3, 0.4) is 0 Å². The largest absolute Gasteiger partial charge is 0.352 e. The summed E-state index contributed by atoms with van der Waals surface area (Å²) in [5, 5.41) is 1.12. The smallest absolute Gasteiger partial charge is 0.103 e. The molecule has 8 heavy (non-hydrogen) atoms. The van der Waals surface area contributed by atoms with Gasteiger partial charge in [-0.25, -0.2) is 0 Å². The van der Waals surface area contributed by atoms with Crippen molar-refractivity contribution < 1.29 is 0 Å². The Morgan fingerprint density at radius 1 is 1.50 bits per heavy atom. The lowest BCUT2D eigenvalue weighted by Crippen LogP contribution is -1.88. The first-order chi connectivity index (χ1) is 3.79. The standard InChI is InChI=1S/C5H6NPS/c7-4-1-2-5(8)6-3-4/h1-3H,7H2,(H,6,8). The maximum Gasteiger partial charge on any atom is 0.103 e. The molecular weight excluding hydrogens is 137 g/mol. The fraction of sp³-hybridized carbons (Fsp3) is 0. The second kappa shape index (κ2) is 2.38. The second-order valence-electron chi connectivity index (χ2n) is 1.49. The SMILES string of the molecule is Pc1ccc(=S)[nH]c1. The quantitative estimate of drug-likeness (QED) is 0.427. The first-order valence-electron chi connectivity index (χ1n) is 2.23. The van der Waals surface area contributed by atoms with E-state index in [-0.39, 0.29) is 0 Å². The summed E-state index contributed by atoms with van der Waals surface area (Å²) < 4.78 is 0.774. The molecule has 1 N–H and O–H groups in total. The summed E-state index contributed by atoms with van der Waals surface area (Å²) in [6.07, 6.45) is 1.85. The summed E-state index contributed by atoms with van der Waals surface area (Å²) in [6, 6.07) is 3.81. The molecule has 1 unspecified atom stereocenters. The molecular formula is C5H6NPS. The molecule has 0 aliphatic carbocycles. The predicted octanol–water partition coefficient (Wildman–Crippen LogP) is 1.24. The van der Waals surface area contributed by atoms with Crippen LogP contribution in [0.25, 0.3) is 0 Å². The van der Waals surface area contributed by atoms with Gasteiger partial charge in [0.25, 0.3) is 0 Å². The first kappa shape index (κ1) is 5.93. The van der Waals surface area contributed by atoms with E-state index in [4.69, 9.17) is 12.2 Å². The van der Waals surface area contributed by atoms with E-state index < -0.39 is 0 Å². The number of nitrogens with one attached hydrogen (secondary N) is 1. The topological polar surface area (TPSA) is 15.8 Å². The molecule has 1 nitrogen and oxygen atoms in total. The third kappa shape index (κ3) is 1.39. The van der Waals surface area contributed by atoms with E-state index in [1.165, 1.54) is 0 Å². The van der Waals surface area contributed by atoms with Crippen molar-refractivity contribution in [2.75, 3.05) is 0 Å². The van der Waals surface area contributed by atoms with Gasteiger partial charge in [0.15, 0.2) is 0 Å². The van der Waals surface area contributed by atoms with E-state index in [2.05, 4.69) is 14.2 Å². The Morgan fingerprint density at radius 2 is 2.25 bits per heavy atom. The maximum atomic E-state index is 4.81. The van der Waals surface area contributed by atoms with E-state index in [1.54, 1.807) is 0 Å². The van der Waals surface area contributed by atoms with Crippen molar-refractivity contribution in [3.05, 3.63) is 23.0 Å². The van der Waals surface area contributed by atoms with E-state index in [9.17, 15) is 0 Å². The molecule has 0 saturated heterocycles. The lowest BCUT2D eigenvalue weighted by Gasteiger charge is -1.85. The number of rotatable bonds is 0. The number of aromatic amines is 1. The molecule has 42 valence electrons. The fourth-order valence-electron chi connectivity index (χ4n) is 0.423. The normalized spacial score (nSPS) is 9.12. The number of hydrogen-bond donors (Lipinski definition) is 1. The van der Waals surface area contributed by atoms with Gasteiger partial charge in [0.2, 0.25) is 0 Å². The molecule has 1 aromatic heterocycles. The average molecular weight is 143 g/mol. The Labute approximate surface area is 55.3 Å². The van der Waals surface area contributed by atoms with Crippen LogP contribution in [-0.2, 0) is 0 Å². The van der Waals surface area contributed by atoms with Crippen LogP contribution >= 0.6 is 21.5 Å². The van der Waals surface area contributed by atoms with Crippen LogP contribution < -0.4 is 5.30 Å². The van der Waals surface area contributed by atoms with Crippen molar-refractivity contribution >= 4 is 26.8 Å². The fourth-order valence-corrected chi connectivity index (χ4v) is 0.729. The van der Waals surface area contributed by atoms with Crippen molar-refractivity contribution in [2.24, 2.45) is 0 Å². The zero-order valence-electron chi connectivity index (χ0n) is 4.22. The van der Waals surface area contributed by atoms with Crippen LogP contribution in [-0.4, -0.2) is 4.98 Å². The van der Waals surface area contributed by atoms with Gasteiger partial charge < -0.3 is 4.98 Å². The van der Waals surface area contributed by atoms with Crippen LogP contribution in [0.4, 0.5) is 0 Å². The lowest BCUT2D eigenvalue weighted by atomic mass is 10.5. The molecule has 0 aromatic carbocycles. The zero-order valence-corrected chi connectivity index (χ0v) is 6.19. The monoisotopic (exact) mass is 143 g/mol. The zero-order chi connectivity index (χ0) is 5.98. The molecule has 1 atom stereocenters. The third-order valence-electron chi connectivity index (χ3n) is 0.808. The molecule has 0 aliphatic heterocycles. The van der Waals surface area contributed by atoms with Gasteiger partial charge in [-0.15, -0.1) is 9.24 Å². The molecule has 0 radical (unpaired) electrons. The summed E-state index contributed by atoms with van der Waals surface area (Å²) in [4.78, 5) is 2.89. The lowest BCUT2D eigenvalue weighted by molar-refractivity contribution is 1.32. The minimum Gasteiger partial charge on any atom is -0.352 e. The molecule has 0 aliphatic rings. The Kier molecular flexibility index (Phi) is 1.77. The van der Waals surface area contributed by atoms with E-state index in [1.807, 2.05) is 18.3 Å². The van der Waals surface area contributed by atoms with Gasteiger partial charge in [-0.1, -0.05) is 18.3 Å². The van der Waals surface area contributed by atoms with Crippen molar-refractivity contribution in [1.82, 2.24) is 4.98 Å². The van der Waals surface area contributed by atoms with Gasteiger partial charge in [0.05, 0.1) is 0 Å². The van der Waals surface area contributed by atoms with Crippen LogP contribution in [0.5, 0.6) is 0 Å². The molecule has 0 amide bonds. The highest BCUT2D eigenvalue weighted by Crippen LogP contribution is 1.86. The van der Waals surface area contributed by atoms with Crippen molar-refractivity contribution in [2.45, 2.75) is 0 Å². The van der Waals surface area contributed by atoms with Crippen molar-refractivity contribution in [3.8, 4) is 0 Å². The van der Waals surface area contributed by atoms with Crippen molar-refractivity contribution in [1.29, 1.82) is 0 Å². The number of hydrogen-bond acceptors (Lipinski definition) is 1. The highest BCUT2D eigenvalue weighted by Gasteiger charge is 1.76. The molecule has 0 saturated carbocycles. The van der Waals surface area contributed by atoms with Gasteiger partial charge in [-0.3, -0.25) is 0 Å². The summed E-state index contributed by atoms with van der Waals surface area (Å²) >= 11 is 4.81. The summed E-state index contributed by atoms with van der Waals surface area (Å²) in [6.45, 7) is 0. The minimum absolute atomic E-state index is 0.774. The predicted molar refractivity (Wildman–Crippen MR) is 41.0 cm³/mol. The summed E-state index contributed by atoms with van der Waals surface area (Å²) in [5.74, 6) is 0. The van der Waals surface area contributed by atoms with E-state index in [0.717, 1.165) is 9.95 Å². The van der Waals surface area contributed by atoms with Gasteiger partial charge in [-0.2, -0.15) is 0 Å². The van der Waals surface area contributed by atoms with Gasteiger partial charge in [-0.05, 0) is 11.4 Å². The Balaban J connectivity index is 3.22. The molecule has 0 fully saturated rings. The van der Waals surface area contributed by atoms with Crippen molar-refractivity contribution in [3.63, 3.8) is 0 Å². The number of pyridine rings is 1. The molecule has 1 rings (SSSR count). The summed E-state index contributed by atoms with van der Waals surface area (Å²) in [7, 11) is 2.57. The molecule has 0 bridgehead atoms. The third-order valence-corrected chi connectivity index (χ3v) is 1.42. The Bertz CT molecular complexity index is 210. The van der Waals surface area contributed by atoms with E-state index in [0.29, 0.717) is 0 Å². The number of aromatic nitrogens is 1. The Morgan fingerprint density at radius 3 is 2.62 bits per heavy atom. The van der Waals surface area contributed by atoms with Crippen LogP contribution in [0.1, 0.15) is 0 Å². The average Bonchev–Trinajstić information content (AvgIpc) is 1.77. The van der Waals surface area contributed by atoms with Crippen LogP contribution in [0, 0.1) is 4.64 Å². The molecule has 1 heterocycles. The second-order valence-corrected chi connectivity index (χ2v) is 2.59. The highest BCUT2D eigenvalue weighted by atomic mass is 32.1. The Hall–Kier alpha value is -0.200. The molecule has 1 aromatic rings. The highest BCUT2D eigenvalue weighted by molar-refractivity contribution is 7.71. The van der Waals surface area contributed by atoms with Gasteiger partial charge in [0, 0.05) is 6.20 Å². The number of H-pyrrole nitrogens is 1. The first-order valence-corrected chi connectivity index (χ1v) is 3.22. The molecule has 0 spiro atoms. The van der Waals surface area contributed by atoms with Crippen LogP contribution in [0.15, 0.2) is 18.3 Å². The van der Waals surface area contributed by atoms with Gasteiger partial charge in [0.1, 0.15) is 4.64 Å². The minimum atomic E-state index is 0.774. The van der Waals surface area contributed by atoms with Crippen LogP contribution in [0.2, 0.25) is 0 Å². The summed E-state index contributed by atoms with van der Waals surface area (Å²) in [5.41, 5.74) is 0. The maximum absolute atomic E-state index is 4.81.